The molecule has 0 aromatic heterocycles. The normalized spacial score (nSPS) is 10.1. The Balaban J connectivity index is 1.99. The van der Waals surface area contributed by atoms with Gasteiger partial charge in [-0.25, -0.2) is 0 Å². The van der Waals surface area contributed by atoms with E-state index < -0.39 is 0 Å². The Kier molecular flexibility index (Phi) is 7.05. The van der Waals surface area contributed by atoms with Crippen LogP contribution in [0.5, 0.6) is 17.2 Å². The number of ether oxygens (including phenoxy) is 3. The number of rotatable bonds is 8. The minimum Gasteiger partial charge on any atom is -0.497 e. The number of nitrogens with zero attached hydrogens (tertiary/aromatic N) is 1. The molecule has 0 radical (unpaired) electrons. The summed E-state index contributed by atoms with van der Waals surface area (Å²) in [7, 11) is 4.63. The van der Waals surface area contributed by atoms with Crippen molar-refractivity contribution in [1.29, 1.82) is 0 Å². The molecule has 0 spiro atoms. The SMILES string of the molecule is COc1ccc(N(CCNC(=O)c2ccc(OC)c(OC)c2)C(C)=O)cc1. The van der Waals surface area contributed by atoms with E-state index >= 15 is 0 Å². The molecule has 0 aliphatic heterocycles. The second kappa shape index (κ2) is 9.47. The van der Waals surface area contributed by atoms with Gasteiger partial charge in [-0.1, -0.05) is 0 Å². The van der Waals surface area contributed by atoms with E-state index in [0.717, 1.165) is 5.69 Å². The highest BCUT2D eigenvalue weighted by atomic mass is 16.5. The summed E-state index contributed by atoms with van der Waals surface area (Å²) in [5.41, 5.74) is 1.19. The first-order chi connectivity index (χ1) is 13.0. The highest BCUT2D eigenvalue weighted by molar-refractivity contribution is 5.95. The minimum absolute atomic E-state index is 0.111. The van der Waals surface area contributed by atoms with E-state index in [0.29, 0.717) is 35.9 Å². The molecule has 2 aromatic carbocycles. The maximum Gasteiger partial charge on any atom is 0.251 e. The highest BCUT2D eigenvalue weighted by Gasteiger charge is 2.14. The zero-order valence-corrected chi connectivity index (χ0v) is 15.9. The third kappa shape index (κ3) is 5.13. The maximum absolute atomic E-state index is 12.4. The second-order valence-electron chi connectivity index (χ2n) is 5.69. The molecular weight excluding hydrogens is 348 g/mol. The number of nitrogens with one attached hydrogen (secondary N) is 1. The minimum atomic E-state index is -0.255. The largest absolute Gasteiger partial charge is 0.497 e. The van der Waals surface area contributed by atoms with Crippen molar-refractivity contribution in [2.75, 3.05) is 39.3 Å². The van der Waals surface area contributed by atoms with Crippen LogP contribution in [0.4, 0.5) is 5.69 Å². The van der Waals surface area contributed by atoms with Crippen LogP contribution in [0.3, 0.4) is 0 Å². The number of carbonyl (C=O) groups excluding carboxylic acids is 2. The Morgan fingerprint density at radius 2 is 1.59 bits per heavy atom. The Labute approximate surface area is 158 Å². The van der Waals surface area contributed by atoms with Gasteiger partial charge < -0.3 is 24.4 Å². The Hall–Kier alpha value is -3.22. The van der Waals surface area contributed by atoms with Gasteiger partial charge in [0.15, 0.2) is 11.5 Å². The summed E-state index contributed by atoms with van der Waals surface area (Å²) in [6.07, 6.45) is 0. The molecule has 0 aliphatic rings. The highest BCUT2D eigenvalue weighted by Crippen LogP contribution is 2.27. The second-order valence-corrected chi connectivity index (χ2v) is 5.69. The fourth-order valence-corrected chi connectivity index (χ4v) is 2.59. The van der Waals surface area contributed by atoms with Crippen molar-refractivity contribution in [3.63, 3.8) is 0 Å². The molecule has 0 saturated carbocycles. The van der Waals surface area contributed by atoms with Crippen molar-refractivity contribution in [2.45, 2.75) is 6.92 Å². The van der Waals surface area contributed by atoms with E-state index in [1.807, 2.05) is 0 Å². The van der Waals surface area contributed by atoms with Gasteiger partial charge >= 0.3 is 0 Å². The van der Waals surface area contributed by atoms with Crippen LogP contribution < -0.4 is 24.4 Å². The summed E-state index contributed by atoms with van der Waals surface area (Å²) in [4.78, 5) is 25.9. The van der Waals surface area contributed by atoms with E-state index in [2.05, 4.69) is 5.32 Å². The zero-order chi connectivity index (χ0) is 19.8. The predicted molar refractivity (Wildman–Crippen MR) is 103 cm³/mol. The van der Waals surface area contributed by atoms with Crippen LogP contribution in [0.1, 0.15) is 17.3 Å². The molecule has 0 fully saturated rings. The summed E-state index contributed by atoms with van der Waals surface area (Å²) in [6, 6.07) is 12.1. The Morgan fingerprint density at radius 1 is 0.926 bits per heavy atom. The average Bonchev–Trinajstić information content (AvgIpc) is 2.70. The van der Waals surface area contributed by atoms with Crippen molar-refractivity contribution >= 4 is 17.5 Å². The topological polar surface area (TPSA) is 77.1 Å². The van der Waals surface area contributed by atoms with Gasteiger partial charge in [0.05, 0.1) is 21.3 Å². The van der Waals surface area contributed by atoms with Crippen molar-refractivity contribution < 1.29 is 23.8 Å². The molecule has 0 aliphatic carbocycles. The lowest BCUT2D eigenvalue weighted by Gasteiger charge is -2.21. The fraction of sp³-hybridized carbons (Fsp3) is 0.300. The summed E-state index contributed by atoms with van der Waals surface area (Å²) >= 11 is 0. The molecule has 7 nitrogen and oxygen atoms in total. The monoisotopic (exact) mass is 372 g/mol. The number of hydrogen-bond donors (Lipinski definition) is 1. The van der Waals surface area contributed by atoms with E-state index in [-0.39, 0.29) is 11.8 Å². The van der Waals surface area contributed by atoms with Crippen molar-refractivity contribution in [2.24, 2.45) is 0 Å². The van der Waals surface area contributed by atoms with E-state index in [4.69, 9.17) is 14.2 Å². The van der Waals surface area contributed by atoms with E-state index in [1.165, 1.54) is 21.1 Å². The van der Waals surface area contributed by atoms with Crippen LogP contribution >= 0.6 is 0 Å². The van der Waals surface area contributed by atoms with E-state index in [1.54, 1.807) is 54.5 Å². The summed E-state index contributed by atoms with van der Waals surface area (Å²) in [5, 5.41) is 2.81. The molecule has 0 saturated heterocycles. The van der Waals surface area contributed by atoms with Gasteiger partial charge in [-0.2, -0.15) is 0 Å². The molecule has 7 heteroatoms. The fourth-order valence-electron chi connectivity index (χ4n) is 2.59. The van der Waals surface area contributed by atoms with Gasteiger partial charge in [-0.15, -0.1) is 0 Å². The third-order valence-electron chi connectivity index (χ3n) is 4.03. The molecule has 0 bridgehead atoms. The van der Waals surface area contributed by atoms with Crippen LogP contribution in [0.15, 0.2) is 42.5 Å². The van der Waals surface area contributed by atoms with Gasteiger partial charge in [0.2, 0.25) is 5.91 Å². The van der Waals surface area contributed by atoms with Crippen molar-refractivity contribution in [1.82, 2.24) is 5.32 Å². The van der Waals surface area contributed by atoms with Crippen LogP contribution in [-0.2, 0) is 4.79 Å². The lowest BCUT2D eigenvalue weighted by atomic mass is 10.2. The Morgan fingerprint density at radius 3 is 2.15 bits per heavy atom. The van der Waals surface area contributed by atoms with Crippen LogP contribution in [0, 0.1) is 0 Å². The molecule has 1 N–H and O–H groups in total. The van der Waals surface area contributed by atoms with Gasteiger partial charge in [0, 0.05) is 31.3 Å². The average molecular weight is 372 g/mol. The van der Waals surface area contributed by atoms with Gasteiger partial charge in [0.1, 0.15) is 5.75 Å². The van der Waals surface area contributed by atoms with Crippen LogP contribution in [0.25, 0.3) is 0 Å². The quantitative estimate of drug-likeness (QED) is 0.770. The van der Waals surface area contributed by atoms with E-state index in [9.17, 15) is 9.59 Å². The summed E-state index contributed by atoms with van der Waals surface area (Å²) in [5.74, 6) is 1.38. The molecule has 0 unspecified atom stereocenters. The number of amides is 2. The van der Waals surface area contributed by atoms with Crippen molar-refractivity contribution in [3.8, 4) is 17.2 Å². The molecule has 2 amide bonds. The molecule has 2 aromatic rings. The van der Waals surface area contributed by atoms with Gasteiger partial charge in [-0.05, 0) is 42.5 Å². The molecular formula is C20H24N2O5. The first kappa shape index (κ1) is 20.1. The number of benzene rings is 2. The molecule has 0 atom stereocenters. The van der Waals surface area contributed by atoms with Crippen molar-refractivity contribution in [3.05, 3.63) is 48.0 Å². The van der Waals surface area contributed by atoms with Gasteiger partial charge in [0.25, 0.3) is 5.91 Å². The predicted octanol–water partition coefficient (Wildman–Crippen LogP) is 2.50. The smallest absolute Gasteiger partial charge is 0.251 e. The molecule has 27 heavy (non-hydrogen) atoms. The maximum atomic E-state index is 12.4. The number of methoxy groups -OCH3 is 3. The first-order valence-electron chi connectivity index (χ1n) is 8.42. The summed E-state index contributed by atoms with van der Waals surface area (Å²) in [6.45, 7) is 2.14. The zero-order valence-electron chi connectivity index (χ0n) is 15.9. The number of anilines is 1. The van der Waals surface area contributed by atoms with Crippen LogP contribution in [0.2, 0.25) is 0 Å². The Bertz CT molecular complexity index is 789. The van der Waals surface area contributed by atoms with Gasteiger partial charge in [-0.3, -0.25) is 9.59 Å². The number of hydrogen-bond acceptors (Lipinski definition) is 5. The molecule has 144 valence electrons. The van der Waals surface area contributed by atoms with Crippen LogP contribution in [-0.4, -0.2) is 46.2 Å². The standard InChI is InChI=1S/C20H24N2O5/c1-14(23)22(16-6-8-17(25-2)9-7-16)12-11-21-20(24)15-5-10-18(26-3)19(13-15)27-4/h5-10,13H,11-12H2,1-4H3,(H,21,24). The first-order valence-corrected chi connectivity index (χ1v) is 8.42. The summed E-state index contributed by atoms with van der Waals surface area (Å²) < 4.78 is 15.5. The lowest BCUT2D eigenvalue weighted by Crippen LogP contribution is -2.37. The number of carbonyl (C=O) groups is 2. The molecule has 2 rings (SSSR count). The molecule has 0 heterocycles. The lowest BCUT2D eigenvalue weighted by molar-refractivity contribution is -0.116. The third-order valence-corrected chi connectivity index (χ3v) is 4.03.